The zero-order valence-electron chi connectivity index (χ0n) is 28.3. The Kier molecular flexibility index (Phi) is 10.9. The highest BCUT2D eigenvalue weighted by Gasteiger charge is 2.32. The van der Waals surface area contributed by atoms with Gasteiger partial charge in [-0.3, -0.25) is 23.6 Å². The number of aromatic nitrogens is 2. The average molecular weight is 755 g/mol. The second kappa shape index (κ2) is 15.5. The Morgan fingerprint density at radius 3 is 2.38 bits per heavy atom. The molecule has 0 bridgehead atoms. The summed E-state index contributed by atoms with van der Waals surface area (Å²) in [6.45, 7) is 6.47. The maximum Gasteiger partial charge on any atom is 0.317 e. The molecule has 3 saturated heterocycles. The van der Waals surface area contributed by atoms with Crippen LogP contribution in [0.5, 0.6) is 0 Å². The lowest BCUT2D eigenvalue weighted by Crippen LogP contribution is -2.49. The number of carboxylic acids is 1. The van der Waals surface area contributed by atoms with Crippen molar-refractivity contribution in [3.05, 3.63) is 76.8 Å². The number of likely N-dealkylation sites (tertiary alicyclic amines) is 1. The minimum absolute atomic E-state index is 0.111. The predicted octanol–water partition coefficient (Wildman–Crippen LogP) is 4.73. The maximum atomic E-state index is 15.3. The van der Waals surface area contributed by atoms with E-state index in [1.807, 2.05) is 17.0 Å². The van der Waals surface area contributed by atoms with Crippen LogP contribution < -0.4 is 9.31 Å². The molecule has 2 aromatic heterocycles. The van der Waals surface area contributed by atoms with Gasteiger partial charge in [0.1, 0.15) is 17.6 Å². The van der Waals surface area contributed by atoms with E-state index in [2.05, 4.69) is 31.9 Å². The van der Waals surface area contributed by atoms with Crippen LogP contribution in [-0.2, 0) is 16.1 Å². The molecular formula is C36H39ClF2N7O5S-. The average Bonchev–Trinajstić information content (AvgIpc) is 3.76. The Morgan fingerprint density at radius 1 is 1.00 bits per heavy atom. The molecule has 3 fully saturated rings. The molecule has 0 saturated carbocycles. The van der Waals surface area contributed by atoms with Gasteiger partial charge in [-0.15, -0.1) is 0 Å². The molecule has 1 unspecified atom stereocenters. The van der Waals surface area contributed by atoms with Crippen molar-refractivity contribution in [2.24, 2.45) is 5.92 Å². The fourth-order valence-corrected chi connectivity index (χ4v) is 8.53. The SMILES string of the molecule is O=C(O)CN1CCC(CN2CCN(c3ccc(-c4cnc5[nH]cc(C(=O)c6c(F)ccc(N(N7CC[C@@H](F)C7)S(=O)[O-])c6Cl)c5c4)cc3)CC2)CC1. The van der Waals surface area contributed by atoms with Gasteiger partial charge in [-0.1, -0.05) is 23.7 Å². The molecule has 0 radical (unpaired) electrons. The fraction of sp³-hybridized carbons (Fsp3) is 0.417. The number of benzene rings is 2. The number of nitrogens with zero attached hydrogens (tertiary/aromatic N) is 6. The lowest BCUT2D eigenvalue weighted by molar-refractivity contribution is -0.138. The molecule has 276 valence electrons. The molecule has 2 aromatic carbocycles. The number of piperazine rings is 1. The minimum Gasteiger partial charge on any atom is -0.754 e. The van der Waals surface area contributed by atoms with Gasteiger partial charge in [0, 0.05) is 73.9 Å². The van der Waals surface area contributed by atoms with E-state index in [-0.39, 0.29) is 37.3 Å². The number of carboxylic acid groups (broad SMARTS) is 1. The van der Waals surface area contributed by atoms with E-state index in [1.54, 1.807) is 12.3 Å². The zero-order chi connectivity index (χ0) is 36.5. The van der Waals surface area contributed by atoms with Crippen LogP contribution in [0.25, 0.3) is 22.2 Å². The summed E-state index contributed by atoms with van der Waals surface area (Å²) < 4.78 is 54.4. The van der Waals surface area contributed by atoms with Crippen LogP contribution in [0.3, 0.4) is 0 Å². The van der Waals surface area contributed by atoms with E-state index in [9.17, 15) is 22.7 Å². The van der Waals surface area contributed by atoms with Crippen LogP contribution >= 0.6 is 11.6 Å². The van der Waals surface area contributed by atoms with Gasteiger partial charge in [0.05, 0.1) is 40.6 Å². The van der Waals surface area contributed by atoms with Crippen LogP contribution in [-0.4, -0.2) is 122 Å². The van der Waals surface area contributed by atoms with Crippen LogP contribution in [0.2, 0.25) is 5.02 Å². The number of aliphatic carboxylic acids is 1. The van der Waals surface area contributed by atoms with Crippen molar-refractivity contribution in [1.29, 1.82) is 0 Å². The van der Waals surface area contributed by atoms with Gasteiger partial charge in [-0.05, 0) is 74.2 Å². The molecule has 2 atom stereocenters. The summed E-state index contributed by atoms with van der Waals surface area (Å²) in [4.78, 5) is 39.2. The van der Waals surface area contributed by atoms with Crippen molar-refractivity contribution in [2.45, 2.75) is 25.4 Å². The Bertz CT molecular complexity index is 1970. The Balaban J connectivity index is 1.03. The van der Waals surface area contributed by atoms with Crippen molar-refractivity contribution in [3.8, 4) is 11.1 Å². The maximum absolute atomic E-state index is 15.3. The Hall–Kier alpha value is -3.99. The molecule has 12 nitrogen and oxygen atoms in total. The molecule has 0 spiro atoms. The number of fused-ring (bicyclic) bond motifs is 1. The Labute approximate surface area is 307 Å². The van der Waals surface area contributed by atoms with E-state index in [4.69, 9.17) is 16.7 Å². The Morgan fingerprint density at radius 2 is 1.73 bits per heavy atom. The lowest BCUT2D eigenvalue weighted by atomic mass is 9.96. The number of carbonyl (C=O) groups excluding carboxylic acids is 1. The molecule has 0 aliphatic carbocycles. The van der Waals surface area contributed by atoms with Gasteiger partial charge in [0.15, 0.2) is 5.78 Å². The molecule has 3 aliphatic rings. The third kappa shape index (κ3) is 7.70. The zero-order valence-corrected chi connectivity index (χ0v) is 29.9. The molecule has 7 rings (SSSR count). The topological polar surface area (TPSA) is 139 Å². The van der Waals surface area contributed by atoms with E-state index < -0.39 is 45.6 Å². The number of aromatic amines is 1. The highest BCUT2D eigenvalue weighted by molar-refractivity contribution is 7.80. The normalized spacial score (nSPS) is 20.1. The summed E-state index contributed by atoms with van der Waals surface area (Å²) in [6.07, 6.45) is 4.07. The van der Waals surface area contributed by atoms with Crippen molar-refractivity contribution in [3.63, 3.8) is 0 Å². The number of piperidine rings is 1. The van der Waals surface area contributed by atoms with Gasteiger partial charge in [-0.2, -0.15) is 0 Å². The standard InChI is InChI=1S/C36H40ClF2N7O5S/c37-34-31(46(52(50)51)45-12-9-26(38)21-45)6-5-30(39)33(34)35(49)29-19-41-36-28(29)17-25(18-40-36)24-1-3-27(4-2-24)44-15-13-43(14-16-44)20-23-7-10-42(11-8-23)22-32(47)48/h1-6,17-19,23,26H,7-16,20-22H2,(H,40,41)(H,47,48)(H,50,51)/p-1/t26-/m1/s1. The second-order valence-electron chi connectivity index (χ2n) is 13.6. The summed E-state index contributed by atoms with van der Waals surface area (Å²) in [5.41, 5.74) is 2.60. The quantitative estimate of drug-likeness (QED) is 0.163. The van der Waals surface area contributed by atoms with E-state index >= 15 is 4.39 Å². The number of hydrazine groups is 1. The number of halogens is 3. The van der Waals surface area contributed by atoms with Gasteiger partial charge >= 0.3 is 5.97 Å². The monoisotopic (exact) mass is 754 g/mol. The van der Waals surface area contributed by atoms with Crippen LogP contribution in [0, 0.1) is 11.7 Å². The van der Waals surface area contributed by atoms with Gasteiger partial charge in [0.2, 0.25) is 0 Å². The first kappa shape index (κ1) is 36.4. The molecule has 4 aromatic rings. The third-order valence-electron chi connectivity index (χ3n) is 10.3. The first-order chi connectivity index (χ1) is 25.0. The molecule has 5 heterocycles. The van der Waals surface area contributed by atoms with E-state index in [0.717, 1.165) is 92.0 Å². The van der Waals surface area contributed by atoms with Gasteiger partial charge < -0.3 is 19.5 Å². The number of hydrogen-bond donors (Lipinski definition) is 2. The summed E-state index contributed by atoms with van der Waals surface area (Å²) in [6, 6.07) is 12.1. The van der Waals surface area contributed by atoms with Crippen molar-refractivity contribution >= 4 is 57.0 Å². The number of H-pyrrole nitrogens is 1. The first-order valence-corrected chi connectivity index (χ1v) is 18.8. The molecule has 3 aliphatic heterocycles. The highest BCUT2D eigenvalue weighted by atomic mass is 35.5. The van der Waals surface area contributed by atoms with Crippen molar-refractivity contribution in [2.75, 3.05) is 74.8 Å². The molecular weight excluding hydrogens is 716 g/mol. The van der Waals surface area contributed by atoms with Gasteiger partial charge in [-0.25, -0.2) is 23.2 Å². The van der Waals surface area contributed by atoms with Crippen LogP contribution in [0.15, 0.2) is 54.9 Å². The molecule has 16 heteroatoms. The number of alkyl halides is 1. The summed E-state index contributed by atoms with van der Waals surface area (Å²) in [5, 5.41) is 10.4. The number of pyridine rings is 1. The lowest BCUT2D eigenvalue weighted by Gasteiger charge is -2.39. The largest absolute Gasteiger partial charge is 0.754 e. The first-order valence-electron chi connectivity index (χ1n) is 17.4. The van der Waals surface area contributed by atoms with Crippen LogP contribution in [0.4, 0.5) is 20.2 Å². The van der Waals surface area contributed by atoms with Gasteiger partial charge in [0.25, 0.3) is 0 Å². The van der Waals surface area contributed by atoms with Crippen molar-refractivity contribution in [1.82, 2.24) is 24.8 Å². The van der Waals surface area contributed by atoms with Crippen molar-refractivity contribution < 1.29 is 32.2 Å². The van der Waals surface area contributed by atoms with Crippen LogP contribution in [0.1, 0.15) is 35.2 Å². The highest BCUT2D eigenvalue weighted by Crippen LogP contribution is 2.37. The smallest absolute Gasteiger partial charge is 0.317 e. The fourth-order valence-electron chi connectivity index (χ4n) is 7.51. The number of anilines is 2. The number of ketones is 1. The van der Waals surface area contributed by atoms with E-state index in [1.165, 1.54) is 11.2 Å². The number of rotatable bonds is 11. The minimum atomic E-state index is -2.90. The second-order valence-corrected chi connectivity index (χ2v) is 14.8. The number of carbonyl (C=O) groups is 2. The molecule has 52 heavy (non-hydrogen) atoms. The van der Waals surface area contributed by atoms with E-state index in [0.29, 0.717) is 17.0 Å². The third-order valence-corrected chi connectivity index (χ3v) is 11.4. The summed E-state index contributed by atoms with van der Waals surface area (Å²) in [5.74, 6) is -1.86. The summed E-state index contributed by atoms with van der Waals surface area (Å²) in [7, 11) is 0. The molecule has 2 N–H and O–H groups in total. The molecule has 0 amide bonds. The number of nitrogens with one attached hydrogen (secondary N) is 1. The predicted molar refractivity (Wildman–Crippen MR) is 194 cm³/mol. The summed E-state index contributed by atoms with van der Waals surface area (Å²) >= 11 is 3.66. The number of hydrogen-bond acceptors (Lipinski definition) is 9.